The van der Waals surface area contributed by atoms with Gasteiger partial charge in [0.05, 0.1) is 26.7 Å². The van der Waals surface area contributed by atoms with E-state index in [4.69, 9.17) is 24.5 Å². The number of imidazole rings is 1. The minimum Gasteiger partial charge on any atom is -0.479 e. The average molecular weight is 478 g/mol. The molecule has 12 nitrogen and oxygen atoms in total. The van der Waals surface area contributed by atoms with Gasteiger partial charge in [-0.15, -0.1) is 0 Å². The number of anilines is 1. The summed E-state index contributed by atoms with van der Waals surface area (Å²) in [5.74, 6) is 0.174. The number of para-hydroxylation sites is 1. The predicted molar refractivity (Wildman–Crippen MR) is 121 cm³/mol. The number of rotatable bonds is 12. The lowest BCUT2D eigenvalue weighted by Crippen LogP contribution is -2.35. The number of hydrogen-bond donors (Lipinski definition) is 2. The number of ether oxygens (including phenoxy) is 3. The molecule has 0 fully saturated rings. The largest absolute Gasteiger partial charge is 0.479 e. The van der Waals surface area contributed by atoms with Crippen molar-refractivity contribution in [2.45, 2.75) is 26.4 Å². The molecule has 2 aromatic heterocycles. The number of nitrogens with two attached hydrogens (primary N) is 1. The Morgan fingerprint density at radius 3 is 2.73 bits per heavy atom. The molecule has 1 unspecified atom stereocenters. The predicted octanol–water partition coefficient (Wildman–Crippen LogP) is 2.20. The van der Waals surface area contributed by atoms with E-state index < -0.39 is 19.5 Å². The molecular weight excluding hydrogens is 451 g/mol. The zero-order valence-electron chi connectivity index (χ0n) is 18.6. The van der Waals surface area contributed by atoms with Gasteiger partial charge in [0.2, 0.25) is 11.8 Å². The highest BCUT2D eigenvalue weighted by Gasteiger charge is 2.30. The number of esters is 1. The molecule has 0 amide bonds. The molecule has 1 aromatic carbocycles. The summed E-state index contributed by atoms with van der Waals surface area (Å²) in [6.45, 7) is 3.96. The first-order valence-electron chi connectivity index (χ1n) is 10.2. The second-order valence-corrected chi connectivity index (χ2v) is 8.97. The molecule has 0 spiro atoms. The number of nitrogens with one attached hydrogen (secondary N) is 1. The summed E-state index contributed by atoms with van der Waals surface area (Å²) in [5.41, 5.74) is 6.69. The van der Waals surface area contributed by atoms with Gasteiger partial charge in [-0.25, -0.2) is 10.1 Å². The summed E-state index contributed by atoms with van der Waals surface area (Å²) in [6.07, 6.45) is 1.28. The molecule has 0 radical (unpaired) electrons. The molecule has 3 N–H and O–H groups in total. The number of nitrogen functional groups attached to an aromatic ring is 1. The third kappa shape index (κ3) is 6.41. The summed E-state index contributed by atoms with van der Waals surface area (Å²) >= 11 is 0. The van der Waals surface area contributed by atoms with Crippen LogP contribution in [-0.2, 0) is 25.4 Å². The maximum atomic E-state index is 13.5. The summed E-state index contributed by atoms with van der Waals surface area (Å²) in [7, 11) is -2.14. The van der Waals surface area contributed by atoms with Gasteiger partial charge in [0.25, 0.3) is 0 Å². The minimum atomic E-state index is -3.61. The fraction of sp³-hybridized carbons (Fsp3) is 0.400. The van der Waals surface area contributed by atoms with Crippen LogP contribution in [0.3, 0.4) is 0 Å². The monoisotopic (exact) mass is 478 g/mol. The van der Waals surface area contributed by atoms with Crippen LogP contribution in [0.25, 0.3) is 11.2 Å². The maximum Gasteiger partial charge on any atom is 0.342 e. The Morgan fingerprint density at radius 2 is 2.03 bits per heavy atom. The number of carbonyl (C=O) groups excluding carboxylic acids is 1. The number of carbonyl (C=O) groups is 1. The van der Waals surface area contributed by atoms with Crippen molar-refractivity contribution in [3.63, 3.8) is 0 Å². The molecule has 0 saturated heterocycles. The van der Waals surface area contributed by atoms with Crippen molar-refractivity contribution in [1.82, 2.24) is 24.6 Å². The van der Waals surface area contributed by atoms with E-state index in [9.17, 15) is 9.36 Å². The van der Waals surface area contributed by atoms with E-state index in [1.165, 1.54) is 7.11 Å². The van der Waals surface area contributed by atoms with Crippen molar-refractivity contribution in [3.8, 4) is 11.6 Å². The lowest BCUT2D eigenvalue weighted by Gasteiger charge is -2.23. The molecule has 13 heteroatoms. The molecular formula is C20H27N6O6P. The van der Waals surface area contributed by atoms with Gasteiger partial charge in [0.15, 0.2) is 11.2 Å². The fourth-order valence-electron chi connectivity index (χ4n) is 2.94. The Bertz CT molecular complexity index is 1120. The summed E-state index contributed by atoms with van der Waals surface area (Å²) in [6, 6.07) is 7.79. The Hall–Kier alpha value is -3.21. The number of fused-ring (bicyclic) bond motifs is 1. The van der Waals surface area contributed by atoms with Crippen molar-refractivity contribution in [3.05, 3.63) is 36.7 Å². The molecule has 2 heterocycles. The number of methoxy groups -OCH3 is 1. The summed E-state index contributed by atoms with van der Waals surface area (Å²) in [4.78, 5) is 24.5. The molecule has 3 rings (SSSR count). The standard InChI is InChI=1S/C20H27N6O6P/c1-4-31-19(27)14(2)25-33(28,32-15-8-6-5-7-9-15)13-30-11-10-26-12-22-16-17(26)23-20(21)24-18(16)29-3/h5-9,12,14H,4,10-11,13H2,1-3H3,(H,25,28)(H2,21,23,24)/t14-,33?/m1/s1. The Balaban J connectivity index is 1.67. The molecule has 33 heavy (non-hydrogen) atoms. The lowest BCUT2D eigenvalue weighted by atomic mass is 10.3. The first-order chi connectivity index (χ1) is 15.8. The van der Waals surface area contributed by atoms with Crippen molar-refractivity contribution in [2.24, 2.45) is 0 Å². The van der Waals surface area contributed by atoms with Gasteiger partial charge in [-0.3, -0.25) is 9.36 Å². The van der Waals surface area contributed by atoms with Crippen LogP contribution in [0.2, 0.25) is 0 Å². The number of benzene rings is 1. The van der Waals surface area contributed by atoms with E-state index in [1.54, 1.807) is 49.0 Å². The minimum absolute atomic E-state index is 0.0555. The van der Waals surface area contributed by atoms with Crippen LogP contribution in [0.1, 0.15) is 13.8 Å². The van der Waals surface area contributed by atoms with E-state index in [0.29, 0.717) is 23.5 Å². The van der Waals surface area contributed by atoms with Gasteiger partial charge >= 0.3 is 13.5 Å². The normalized spacial score (nSPS) is 13.9. The van der Waals surface area contributed by atoms with E-state index in [0.717, 1.165) is 0 Å². The van der Waals surface area contributed by atoms with Gasteiger partial charge in [0, 0.05) is 6.54 Å². The van der Waals surface area contributed by atoms with E-state index in [-0.39, 0.29) is 31.4 Å². The van der Waals surface area contributed by atoms with Crippen LogP contribution >= 0.6 is 7.52 Å². The number of aromatic nitrogens is 4. The van der Waals surface area contributed by atoms with Crippen LogP contribution < -0.4 is 20.1 Å². The number of nitrogens with zero attached hydrogens (tertiary/aromatic N) is 4. The lowest BCUT2D eigenvalue weighted by molar-refractivity contribution is -0.144. The second-order valence-electron chi connectivity index (χ2n) is 6.92. The first-order valence-corrected chi connectivity index (χ1v) is 12.0. The SMILES string of the molecule is CCOC(=O)[C@@H](C)NP(=O)(COCCn1cnc2c(OC)nc(N)nc21)Oc1ccccc1. The molecule has 0 bridgehead atoms. The Kier molecular flexibility index (Phi) is 8.21. The average Bonchev–Trinajstić information content (AvgIpc) is 3.19. The molecule has 3 aromatic rings. The highest BCUT2D eigenvalue weighted by Crippen LogP contribution is 2.43. The smallest absolute Gasteiger partial charge is 0.342 e. The highest BCUT2D eigenvalue weighted by atomic mass is 31.2. The molecule has 178 valence electrons. The van der Waals surface area contributed by atoms with Crippen molar-refractivity contribution < 1.29 is 28.1 Å². The topological polar surface area (TPSA) is 153 Å². The molecule has 0 aliphatic heterocycles. The zero-order valence-corrected chi connectivity index (χ0v) is 19.5. The van der Waals surface area contributed by atoms with Gasteiger partial charge in [0.1, 0.15) is 18.1 Å². The number of hydrogen-bond acceptors (Lipinski definition) is 10. The Morgan fingerprint density at radius 1 is 1.27 bits per heavy atom. The van der Waals surface area contributed by atoms with E-state index >= 15 is 0 Å². The van der Waals surface area contributed by atoms with Crippen LogP contribution in [-0.4, -0.2) is 58.2 Å². The maximum absolute atomic E-state index is 13.5. The molecule has 2 atom stereocenters. The van der Waals surface area contributed by atoms with E-state index in [2.05, 4.69) is 20.0 Å². The third-order valence-electron chi connectivity index (χ3n) is 4.41. The summed E-state index contributed by atoms with van der Waals surface area (Å²) in [5, 5.41) is 2.73. The zero-order chi connectivity index (χ0) is 23.8. The summed E-state index contributed by atoms with van der Waals surface area (Å²) < 4.78 is 36.7. The van der Waals surface area contributed by atoms with Crippen LogP contribution in [0.5, 0.6) is 11.6 Å². The van der Waals surface area contributed by atoms with Gasteiger partial charge < -0.3 is 29.0 Å². The third-order valence-corrected chi connectivity index (χ3v) is 6.22. The fourth-order valence-corrected chi connectivity index (χ4v) is 4.65. The first kappa shape index (κ1) is 24.4. The Labute approximate surface area is 190 Å². The van der Waals surface area contributed by atoms with Gasteiger partial charge in [-0.2, -0.15) is 9.97 Å². The van der Waals surface area contributed by atoms with Crippen LogP contribution in [0.4, 0.5) is 5.95 Å². The molecule has 0 aliphatic carbocycles. The van der Waals surface area contributed by atoms with Crippen LogP contribution in [0, 0.1) is 0 Å². The van der Waals surface area contributed by atoms with Gasteiger partial charge in [-0.1, -0.05) is 18.2 Å². The highest BCUT2D eigenvalue weighted by molar-refractivity contribution is 7.57. The molecule has 0 saturated carbocycles. The van der Waals surface area contributed by atoms with Gasteiger partial charge in [-0.05, 0) is 26.0 Å². The second kappa shape index (κ2) is 11.1. The van der Waals surface area contributed by atoms with E-state index in [1.807, 2.05) is 6.07 Å². The van der Waals surface area contributed by atoms with Crippen molar-refractivity contribution >= 4 is 30.6 Å². The van der Waals surface area contributed by atoms with Crippen molar-refractivity contribution in [1.29, 1.82) is 0 Å². The van der Waals surface area contributed by atoms with Crippen LogP contribution in [0.15, 0.2) is 36.7 Å². The molecule has 0 aliphatic rings. The van der Waals surface area contributed by atoms with Crippen molar-refractivity contribution in [2.75, 3.05) is 32.4 Å². The quantitative estimate of drug-likeness (QED) is 0.224.